The molecule has 0 aliphatic carbocycles. The predicted octanol–water partition coefficient (Wildman–Crippen LogP) is 10.4. The summed E-state index contributed by atoms with van der Waals surface area (Å²) in [4.78, 5) is 14.3. The first kappa shape index (κ1) is 27.1. The second kappa shape index (κ2) is 11.6. The molecule has 0 amide bonds. The zero-order valence-corrected chi connectivity index (χ0v) is 24.8. The van der Waals surface area contributed by atoms with Crippen molar-refractivity contribution >= 4 is 21.5 Å². The first-order valence-corrected chi connectivity index (χ1v) is 15.2. The molecule has 0 saturated heterocycles. The first-order chi connectivity index (χ1) is 22.7. The van der Waals surface area contributed by atoms with Crippen molar-refractivity contribution < 1.29 is 0 Å². The fourth-order valence-electron chi connectivity index (χ4n) is 6.11. The Morgan fingerprint density at radius 2 is 1.00 bits per heavy atom. The van der Waals surface area contributed by atoms with Gasteiger partial charge in [0.15, 0.2) is 0 Å². The number of aromatic nitrogens is 3. The van der Waals surface area contributed by atoms with Crippen LogP contribution in [0.4, 0.5) is 0 Å². The van der Waals surface area contributed by atoms with Gasteiger partial charge in [-0.3, -0.25) is 9.97 Å². The van der Waals surface area contributed by atoms with Crippen LogP contribution in [0.1, 0.15) is 5.56 Å². The van der Waals surface area contributed by atoms with Crippen molar-refractivity contribution in [1.82, 2.24) is 15.0 Å². The first-order valence-electron chi connectivity index (χ1n) is 15.2. The Kier molecular flexibility index (Phi) is 6.83. The molecule has 46 heavy (non-hydrogen) atoms. The third kappa shape index (κ3) is 5.06. The lowest BCUT2D eigenvalue weighted by Crippen LogP contribution is -1.95. The summed E-state index contributed by atoms with van der Waals surface area (Å²) in [6.45, 7) is 0. The molecular formula is C42H26N4. The lowest BCUT2D eigenvalue weighted by atomic mass is 9.89. The Morgan fingerprint density at radius 1 is 0.413 bits per heavy atom. The van der Waals surface area contributed by atoms with Gasteiger partial charge in [0, 0.05) is 12.4 Å². The van der Waals surface area contributed by atoms with Crippen molar-refractivity contribution in [3.63, 3.8) is 0 Å². The second-order valence-corrected chi connectivity index (χ2v) is 11.2. The SMILES string of the molecule is N#Cc1ccc(-c2cccc3ccc(-c4cc5ccccc5cc4-c4cc(-c5ccccn5)nc(-c5ccccn5)c4)cc23)cc1. The molecular weight excluding hydrogens is 560 g/mol. The quantitative estimate of drug-likeness (QED) is 0.201. The minimum absolute atomic E-state index is 0.651. The molecule has 0 aliphatic rings. The van der Waals surface area contributed by atoms with E-state index in [1.165, 1.54) is 5.39 Å². The maximum Gasteiger partial charge on any atom is 0.0991 e. The molecule has 0 N–H and O–H groups in total. The summed E-state index contributed by atoms with van der Waals surface area (Å²) in [5.41, 5.74) is 10.4. The van der Waals surface area contributed by atoms with Crippen LogP contribution in [0.3, 0.4) is 0 Å². The van der Waals surface area contributed by atoms with Crippen LogP contribution in [0.25, 0.3) is 77.7 Å². The molecule has 8 aromatic rings. The second-order valence-electron chi connectivity index (χ2n) is 11.2. The average molecular weight is 587 g/mol. The number of hydrogen-bond acceptors (Lipinski definition) is 4. The molecule has 0 spiro atoms. The van der Waals surface area contributed by atoms with Gasteiger partial charge in [0.25, 0.3) is 0 Å². The van der Waals surface area contributed by atoms with Gasteiger partial charge in [-0.05, 0) is 122 Å². The van der Waals surface area contributed by atoms with E-state index >= 15 is 0 Å². The van der Waals surface area contributed by atoms with Crippen molar-refractivity contribution in [3.8, 4) is 62.2 Å². The highest BCUT2D eigenvalue weighted by Crippen LogP contribution is 2.40. The molecule has 214 valence electrons. The van der Waals surface area contributed by atoms with Gasteiger partial charge < -0.3 is 0 Å². The van der Waals surface area contributed by atoms with Gasteiger partial charge in [0.2, 0.25) is 0 Å². The molecule has 8 rings (SSSR count). The number of rotatable bonds is 5. The minimum atomic E-state index is 0.651. The van der Waals surface area contributed by atoms with Gasteiger partial charge in [0.05, 0.1) is 34.4 Å². The summed E-state index contributed by atoms with van der Waals surface area (Å²) in [6.07, 6.45) is 3.60. The number of benzene rings is 5. The maximum atomic E-state index is 9.33. The van der Waals surface area contributed by atoms with E-state index in [0.29, 0.717) is 5.56 Å². The molecule has 0 bridgehead atoms. The molecule has 0 aliphatic heterocycles. The molecule has 4 nitrogen and oxygen atoms in total. The topological polar surface area (TPSA) is 62.5 Å². The van der Waals surface area contributed by atoms with E-state index in [1.807, 2.05) is 60.7 Å². The third-order valence-electron chi connectivity index (χ3n) is 8.40. The van der Waals surface area contributed by atoms with Gasteiger partial charge >= 0.3 is 0 Å². The number of pyridine rings is 3. The van der Waals surface area contributed by atoms with Gasteiger partial charge in [-0.25, -0.2) is 4.98 Å². The zero-order chi connectivity index (χ0) is 30.9. The van der Waals surface area contributed by atoms with Crippen molar-refractivity contribution in [2.45, 2.75) is 0 Å². The van der Waals surface area contributed by atoms with E-state index < -0.39 is 0 Å². The Hall–Kier alpha value is -6.44. The Morgan fingerprint density at radius 3 is 1.61 bits per heavy atom. The van der Waals surface area contributed by atoms with Crippen molar-refractivity contribution in [3.05, 3.63) is 164 Å². The largest absolute Gasteiger partial charge is 0.255 e. The van der Waals surface area contributed by atoms with Crippen LogP contribution in [0.5, 0.6) is 0 Å². The summed E-state index contributed by atoms with van der Waals surface area (Å²) in [6, 6.07) is 52.2. The maximum absolute atomic E-state index is 9.33. The Balaban J connectivity index is 1.37. The highest BCUT2D eigenvalue weighted by Gasteiger charge is 2.16. The molecule has 5 aromatic carbocycles. The van der Waals surface area contributed by atoms with Crippen LogP contribution >= 0.6 is 0 Å². The van der Waals surface area contributed by atoms with Crippen LogP contribution in [0.2, 0.25) is 0 Å². The van der Waals surface area contributed by atoms with E-state index in [-0.39, 0.29) is 0 Å². The van der Waals surface area contributed by atoms with Crippen molar-refractivity contribution in [2.75, 3.05) is 0 Å². The van der Waals surface area contributed by atoms with E-state index in [2.05, 4.69) is 101 Å². The van der Waals surface area contributed by atoms with Gasteiger partial charge in [0.1, 0.15) is 0 Å². The van der Waals surface area contributed by atoms with E-state index in [1.54, 1.807) is 12.4 Å². The molecule has 3 heterocycles. The predicted molar refractivity (Wildman–Crippen MR) is 187 cm³/mol. The molecule has 0 saturated carbocycles. The molecule has 3 aromatic heterocycles. The Bertz CT molecular complexity index is 2350. The molecule has 0 radical (unpaired) electrons. The number of nitrogens with zero attached hydrogens (tertiary/aromatic N) is 4. The fraction of sp³-hybridized carbons (Fsp3) is 0. The molecule has 0 fully saturated rings. The van der Waals surface area contributed by atoms with Gasteiger partial charge in [-0.2, -0.15) is 5.26 Å². The summed E-state index contributed by atoms with van der Waals surface area (Å²) in [5.74, 6) is 0. The standard InChI is InChI=1S/C42H26N4/c43-27-28-14-16-30(17-15-28)35-11-7-10-29-18-19-33(24-36(29)35)37-22-31-8-1-2-9-32(31)23-38(37)34-25-41(39-12-3-5-20-44-39)46-42(26-34)40-13-4-6-21-45-40/h1-26H. The summed E-state index contributed by atoms with van der Waals surface area (Å²) >= 11 is 0. The summed E-state index contributed by atoms with van der Waals surface area (Å²) in [5, 5.41) is 14.0. The third-order valence-corrected chi connectivity index (χ3v) is 8.40. The van der Waals surface area contributed by atoms with Gasteiger partial charge in [-0.15, -0.1) is 0 Å². The highest BCUT2D eigenvalue weighted by atomic mass is 14.8. The van der Waals surface area contributed by atoms with Crippen LogP contribution in [-0.2, 0) is 0 Å². The van der Waals surface area contributed by atoms with E-state index in [0.717, 1.165) is 72.3 Å². The van der Waals surface area contributed by atoms with E-state index in [4.69, 9.17) is 4.98 Å². The lowest BCUT2D eigenvalue weighted by molar-refractivity contribution is 1.22. The number of nitriles is 1. The van der Waals surface area contributed by atoms with Crippen LogP contribution in [0, 0.1) is 11.3 Å². The summed E-state index contributed by atoms with van der Waals surface area (Å²) < 4.78 is 0. The molecule has 4 heteroatoms. The van der Waals surface area contributed by atoms with Crippen LogP contribution in [0.15, 0.2) is 158 Å². The van der Waals surface area contributed by atoms with E-state index in [9.17, 15) is 5.26 Å². The summed E-state index contributed by atoms with van der Waals surface area (Å²) in [7, 11) is 0. The smallest absolute Gasteiger partial charge is 0.0991 e. The molecule has 0 unspecified atom stereocenters. The minimum Gasteiger partial charge on any atom is -0.255 e. The zero-order valence-electron chi connectivity index (χ0n) is 24.8. The molecule has 0 atom stereocenters. The fourth-order valence-corrected chi connectivity index (χ4v) is 6.11. The number of hydrogen-bond donors (Lipinski definition) is 0. The lowest BCUT2D eigenvalue weighted by Gasteiger charge is -2.16. The Labute approximate surface area is 266 Å². The van der Waals surface area contributed by atoms with Crippen LogP contribution < -0.4 is 0 Å². The monoisotopic (exact) mass is 586 g/mol. The normalized spacial score (nSPS) is 11.0. The van der Waals surface area contributed by atoms with Crippen LogP contribution in [-0.4, -0.2) is 15.0 Å². The van der Waals surface area contributed by atoms with Crippen molar-refractivity contribution in [2.24, 2.45) is 0 Å². The van der Waals surface area contributed by atoms with Crippen molar-refractivity contribution in [1.29, 1.82) is 5.26 Å². The number of fused-ring (bicyclic) bond motifs is 2. The highest BCUT2D eigenvalue weighted by molar-refractivity contribution is 6.02. The van der Waals surface area contributed by atoms with Gasteiger partial charge in [-0.1, -0.05) is 78.9 Å². The average Bonchev–Trinajstić information content (AvgIpc) is 3.14.